The van der Waals surface area contributed by atoms with Gasteiger partial charge in [0.15, 0.2) is 5.82 Å². The molecule has 0 unspecified atom stereocenters. The molecule has 18 heteroatoms. The molecule has 4 aromatic rings. The van der Waals surface area contributed by atoms with E-state index in [2.05, 4.69) is 36.1 Å². The summed E-state index contributed by atoms with van der Waals surface area (Å²) in [4.78, 5) is 30.7. The Labute approximate surface area is 237 Å². The number of rotatable bonds is 8. The van der Waals surface area contributed by atoms with E-state index >= 15 is 0 Å². The average molecular weight is 618 g/mol. The zero-order valence-corrected chi connectivity index (χ0v) is 22.5. The second-order valence-electron chi connectivity index (χ2n) is 8.42. The van der Waals surface area contributed by atoms with Crippen LogP contribution in [0, 0.1) is 6.92 Å². The monoisotopic (exact) mass is 617 g/mol. The molecule has 3 heterocycles. The molecule has 1 aromatic carbocycles. The van der Waals surface area contributed by atoms with Gasteiger partial charge in [-0.2, -0.15) is 31.8 Å². The highest BCUT2D eigenvalue weighted by Crippen LogP contribution is 2.41. The van der Waals surface area contributed by atoms with Gasteiger partial charge in [-0.25, -0.2) is 9.67 Å². The summed E-state index contributed by atoms with van der Waals surface area (Å²) in [6.45, 7) is 3.08. The topological polar surface area (TPSA) is 133 Å². The molecule has 216 valence electrons. The summed E-state index contributed by atoms with van der Waals surface area (Å²) in [5.74, 6) is -8.49. The Morgan fingerprint density at radius 1 is 1.05 bits per heavy atom. The maximum Gasteiger partial charge on any atom is 0.461 e. The van der Waals surface area contributed by atoms with Crippen molar-refractivity contribution < 1.29 is 31.5 Å². The third-order valence-electron chi connectivity index (χ3n) is 5.45. The van der Waals surface area contributed by atoms with Crippen LogP contribution < -0.4 is 10.6 Å². The van der Waals surface area contributed by atoms with Crippen molar-refractivity contribution in [1.29, 1.82) is 0 Å². The van der Waals surface area contributed by atoms with E-state index in [0.29, 0.717) is 16.9 Å². The number of tetrazole rings is 1. The van der Waals surface area contributed by atoms with Crippen LogP contribution in [0.1, 0.15) is 44.9 Å². The summed E-state index contributed by atoms with van der Waals surface area (Å²) in [5, 5.41) is 19.0. The number of carbonyl (C=O) groups excluding carboxylic acids is 2. The smallest absolute Gasteiger partial charge is 0.352 e. The van der Waals surface area contributed by atoms with Gasteiger partial charge in [-0.3, -0.25) is 9.59 Å². The van der Waals surface area contributed by atoms with Gasteiger partial charge in [0.25, 0.3) is 17.6 Å². The molecule has 3 aromatic heterocycles. The lowest BCUT2D eigenvalue weighted by molar-refractivity contribution is -0.292. The van der Waals surface area contributed by atoms with Crippen LogP contribution in [0.25, 0.3) is 5.82 Å². The van der Waals surface area contributed by atoms with Crippen molar-refractivity contribution in [2.75, 3.05) is 11.9 Å². The van der Waals surface area contributed by atoms with Gasteiger partial charge in [-0.15, -0.1) is 10.2 Å². The molecule has 41 heavy (non-hydrogen) atoms. The number of anilines is 1. The Balaban J connectivity index is 1.73. The predicted octanol–water partition coefficient (Wildman–Crippen LogP) is 4.57. The van der Waals surface area contributed by atoms with Gasteiger partial charge >= 0.3 is 12.1 Å². The minimum atomic E-state index is -5.93. The molecule has 0 fully saturated rings. The van der Waals surface area contributed by atoms with Gasteiger partial charge < -0.3 is 10.6 Å². The number of hydrogen-bond acceptors (Lipinski definition) is 7. The molecule has 0 atom stereocenters. The number of halogens is 7. The Bertz CT molecular complexity index is 1620. The Morgan fingerprint density at radius 3 is 2.44 bits per heavy atom. The number of amides is 2. The Morgan fingerprint density at radius 2 is 1.78 bits per heavy atom. The number of carbonyl (C=O) groups is 2. The van der Waals surface area contributed by atoms with E-state index in [1.807, 2.05) is 0 Å². The minimum Gasteiger partial charge on any atom is -0.352 e. The number of nitrogens with zero attached hydrogens (tertiary/aromatic N) is 7. The average Bonchev–Trinajstić information content (AvgIpc) is 3.53. The van der Waals surface area contributed by atoms with Crippen LogP contribution in [0.15, 0.2) is 36.5 Å². The van der Waals surface area contributed by atoms with Crippen LogP contribution in [-0.4, -0.2) is 59.5 Å². The highest BCUT2D eigenvalue weighted by atomic mass is 35.5. The number of alkyl halides is 5. The fourth-order valence-corrected chi connectivity index (χ4v) is 4.07. The highest BCUT2D eigenvalue weighted by molar-refractivity contribution is 6.32. The van der Waals surface area contributed by atoms with Crippen molar-refractivity contribution in [2.45, 2.75) is 32.5 Å². The van der Waals surface area contributed by atoms with Crippen LogP contribution in [0.3, 0.4) is 0 Å². The first-order chi connectivity index (χ1) is 19.2. The molecule has 0 saturated carbocycles. The first kappa shape index (κ1) is 29.8. The number of aromatic nitrogens is 7. The molecule has 0 aliphatic rings. The molecule has 0 aliphatic heterocycles. The summed E-state index contributed by atoms with van der Waals surface area (Å²) in [6.07, 6.45) is -4.57. The third kappa shape index (κ3) is 6.12. The SMILES string of the molecule is CCNC(=O)c1cc(Cl)cc(C)c1NC(=O)c1cc(Cn2nnc(C(F)(F)C(F)(F)F)n2)nn1-c1ncccc1Cl. The molecular formula is C23H18Cl2F5N9O2. The number of hydrogen-bond donors (Lipinski definition) is 2. The van der Waals surface area contributed by atoms with Crippen molar-refractivity contribution in [3.8, 4) is 5.82 Å². The largest absolute Gasteiger partial charge is 0.461 e. The van der Waals surface area contributed by atoms with E-state index in [0.717, 1.165) is 4.68 Å². The molecule has 2 N–H and O–H groups in total. The van der Waals surface area contributed by atoms with Crippen molar-refractivity contribution >= 4 is 40.7 Å². The van der Waals surface area contributed by atoms with Crippen molar-refractivity contribution in [3.05, 3.63) is 74.9 Å². The second-order valence-corrected chi connectivity index (χ2v) is 9.26. The van der Waals surface area contributed by atoms with Gasteiger partial charge in [0.2, 0.25) is 0 Å². The normalized spacial score (nSPS) is 11.9. The highest BCUT2D eigenvalue weighted by Gasteiger charge is 2.62. The van der Waals surface area contributed by atoms with Crippen LogP contribution >= 0.6 is 23.2 Å². The maximum atomic E-state index is 13.6. The van der Waals surface area contributed by atoms with Crippen LogP contribution in [-0.2, 0) is 12.5 Å². The number of aryl methyl sites for hydroxylation is 1. The molecule has 0 radical (unpaired) electrons. The third-order valence-corrected chi connectivity index (χ3v) is 5.96. The van der Waals surface area contributed by atoms with E-state index in [-0.39, 0.29) is 38.5 Å². The molecule has 11 nitrogen and oxygen atoms in total. The maximum absolute atomic E-state index is 13.6. The Kier molecular flexibility index (Phi) is 8.26. The van der Waals surface area contributed by atoms with Gasteiger partial charge in [-0.05, 0) is 55.0 Å². The van der Waals surface area contributed by atoms with Crippen LogP contribution in [0.2, 0.25) is 10.0 Å². The van der Waals surface area contributed by atoms with Crippen LogP contribution in [0.5, 0.6) is 0 Å². The van der Waals surface area contributed by atoms with Gasteiger partial charge in [-0.1, -0.05) is 23.2 Å². The van der Waals surface area contributed by atoms with Gasteiger partial charge in [0, 0.05) is 17.8 Å². The second kappa shape index (κ2) is 11.4. The van der Waals surface area contributed by atoms with E-state index in [9.17, 15) is 31.5 Å². The summed E-state index contributed by atoms with van der Waals surface area (Å²) in [7, 11) is 0. The summed E-state index contributed by atoms with van der Waals surface area (Å²) >= 11 is 12.4. The lowest BCUT2D eigenvalue weighted by Crippen LogP contribution is -2.35. The molecule has 0 saturated heterocycles. The van der Waals surface area contributed by atoms with Crippen LogP contribution in [0.4, 0.5) is 27.6 Å². The fraction of sp³-hybridized carbons (Fsp3) is 0.261. The number of pyridine rings is 1. The molecular weight excluding hydrogens is 600 g/mol. The standard InChI is InChI=1S/C23H18Cl2F5N9O2/c1-3-31-19(40)14-8-12(24)7-11(2)17(14)33-20(41)16-9-13(35-39(16)18-15(25)5-4-6-32-18)10-38-36-21(34-37-38)22(26,27)23(28,29)30/h4-9H,3,10H2,1-2H3,(H,31,40)(H,33,41). The summed E-state index contributed by atoms with van der Waals surface area (Å²) in [5.41, 5.74) is 0.450. The molecule has 4 rings (SSSR count). The quantitative estimate of drug-likeness (QED) is 0.277. The van der Waals surface area contributed by atoms with Gasteiger partial charge in [0.05, 0.1) is 22.0 Å². The Hall–Kier alpha value is -4.18. The zero-order valence-electron chi connectivity index (χ0n) is 21.0. The van der Waals surface area contributed by atoms with Crippen molar-refractivity contribution in [1.82, 2.24) is 40.3 Å². The minimum absolute atomic E-state index is 0.00168. The van der Waals surface area contributed by atoms with Gasteiger partial charge in [0.1, 0.15) is 12.2 Å². The summed E-state index contributed by atoms with van der Waals surface area (Å²) in [6, 6.07) is 7.09. The molecule has 0 aliphatic carbocycles. The van der Waals surface area contributed by atoms with Crippen molar-refractivity contribution in [2.24, 2.45) is 0 Å². The van der Waals surface area contributed by atoms with Crippen molar-refractivity contribution in [3.63, 3.8) is 0 Å². The summed E-state index contributed by atoms with van der Waals surface area (Å²) < 4.78 is 66.4. The molecule has 2 amide bonds. The fourth-order valence-electron chi connectivity index (χ4n) is 3.59. The molecule has 0 spiro atoms. The predicted molar refractivity (Wildman–Crippen MR) is 135 cm³/mol. The first-order valence-electron chi connectivity index (χ1n) is 11.5. The zero-order chi connectivity index (χ0) is 30.1. The van der Waals surface area contributed by atoms with E-state index in [4.69, 9.17) is 23.2 Å². The molecule has 0 bridgehead atoms. The van der Waals surface area contributed by atoms with E-state index in [1.165, 1.54) is 36.5 Å². The van der Waals surface area contributed by atoms with E-state index < -0.39 is 36.3 Å². The lowest BCUT2D eigenvalue weighted by Gasteiger charge is -2.15. The number of benzene rings is 1. The number of nitrogens with one attached hydrogen (secondary N) is 2. The lowest BCUT2D eigenvalue weighted by atomic mass is 10.1. The van der Waals surface area contributed by atoms with E-state index in [1.54, 1.807) is 13.8 Å². The first-order valence-corrected chi connectivity index (χ1v) is 12.3.